The molecule has 5 rings (SSSR count). The standard InChI is InChI=1S/C27H18N3OS.Pt/c32-25-13-5-4-11-21(25)24-18-20(17-23(29-24)19-9-2-1-3-10-19)22-12-8-15-27(30-22)31-26-14-6-7-16-28-26;/h1-17,32H;/q-1;+2/p-1. The maximum Gasteiger partial charge on any atom is 2.00 e. The molecule has 0 fully saturated rings. The van der Waals surface area contributed by atoms with Crippen LogP contribution in [0.4, 0.5) is 0 Å². The van der Waals surface area contributed by atoms with E-state index in [1.54, 1.807) is 18.3 Å². The molecule has 0 spiro atoms. The summed E-state index contributed by atoms with van der Waals surface area (Å²) in [7, 11) is 0. The van der Waals surface area contributed by atoms with E-state index in [9.17, 15) is 0 Å². The van der Waals surface area contributed by atoms with Crippen molar-refractivity contribution in [1.82, 2.24) is 15.0 Å². The summed E-state index contributed by atoms with van der Waals surface area (Å²) in [6, 6.07) is 34.3. The molecule has 0 unspecified atom stereocenters. The van der Waals surface area contributed by atoms with Gasteiger partial charge in [0.2, 0.25) is 11.8 Å². The van der Waals surface area contributed by atoms with Gasteiger partial charge in [0.15, 0.2) is 0 Å². The van der Waals surface area contributed by atoms with Gasteiger partial charge in [0.05, 0.1) is 0 Å². The van der Waals surface area contributed by atoms with Crippen LogP contribution in [-0.4, -0.2) is 15.0 Å². The molecular formula is C27H17N3OPtS. The van der Waals surface area contributed by atoms with Gasteiger partial charge in [0, 0.05) is 18.0 Å². The Bertz CT molecular complexity index is 1360. The van der Waals surface area contributed by atoms with Crippen LogP contribution < -0.4 is 4.74 Å². The molecule has 162 valence electrons. The fourth-order valence-corrected chi connectivity index (χ4v) is 3.55. The van der Waals surface area contributed by atoms with Gasteiger partial charge in [-0.3, -0.25) is 9.97 Å². The van der Waals surface area contributed by atoms with E-state index in [0.29, 0.717) is 17.5 Å². The van der Waals surface area contributed by atoms with Gasteiger partial charge in [-0.25, -0.2) is 9.88 Å². The molecule has 0 radical (unpaired) electrons. The van der Waals surface area contributed by atoms with Crippen LogP contribution in [0, 0.1) is 6.07 Å². The maximum absolute atomic E-state index is 5.82. The average molecular weight is 627 g/mol. The van der Waals surface area contributed by atoms with Crippen molar-refractivity contribution in [2.24, 2.45) is 0 Å². The molecule has 2 aromatic carbocycles. The Morgan fingerprint density at radius 2 is 1.45 bits per heavy atom. The Morgan fingerprint density at radius 1 is 0.697 bits per heavy atom. The summed E-state index contributed by atoms with van der Waals surface area (Å²) < 4.78 is 5.82. The summed E-state index contributed by atoms with van der Waals surface area (Å²) in [5.74, 6) is 0.944. The maximum atomic E-state index is 5.82. The normalized spacial score (nSPS) is 10.3. The third-order valence-electron chi connectivity index (χ3n) is 4.82. The van der Waals surface area contributed by atoms with Crippen LogP contribution >= 0.6 is 0 Å². The first kappa shape index (κ1) is 22.8. The van der Waals surface area contributed by atoms with Gasteiger partial charge < -0.3 is 17.4 Å². The van der Waals surface area contributed by atoms with Crippen molar-refractivity contribution in [2.45, 2.75) is 4.90 Å². The second-order valence-corrected chi connectivity index (χ2v) is 7.46. The summed E-state index contributed by atoms with van der Waals surface area (Å²) in [5, 5.41) is 0. The van der Waals surface area contributed by atoms with Crippen molar-refractivity contribution < 1.29 is 25.8 Å². The van der Waals surface area contributed by atoms with E-state index in [2.05, 4.69) is 16.0 Å². The molecule has 5 aromatic rings. The van der Waals surface area contributed by atoms with E-state index < -0.39 is 0 Å². The van der Waals surface area contributed by atoms with Crippen LogP contribution in [0.15, 0.2) is 108 Å². The van der Waals surface area contributed by atoms with Crippen LogP contribution in [0.3, 0.4) is 0 Å². The first-order chi connectivity index (χ1) is 15.8. The fraction of sp³-hybridized carbons (Fsp3) is 0. The van der Waals surface area contributed by atoms with Crippen molar-refractivity contribution >= 4 is 12.6 Å². The molecule has 0 aliphatic rings. The van der Waals surface area contributed by atoms with E-state index in [0.717, 1.165) is 33.0 Å². The largest absolute Gasteiger partial charge is 2.00 e. The molecule has 0 saturated carbocycles. The van der Waals surface area contributed by atoms with Gasteiger partial charge in [-0.1, -0.05) is 78.4 Å². The molecule has 33 heavy (non-hydrogen) atoms. The number of ether oxygens (including phenoxy) is 1. The van der Waals surface area contributed by atoms with Crippen molar-refractivity contribution in [1.29, 1.82) is 0 Å². The Labute approximate surface area is 212 Å². The summed E-state index contributed by atoms with van der Waals surface area (Å²) >= 11 is 5.55. The monoisotopic (exact) mass is 626 g/mol. The van der Waals surface area contributed by atoms with E-state index in [1.165, 1.54) is 0 Å². The van der Waals surface area contributed by atoms with E-state index in [-0.39, 0.29) is 21.1 Å². The molecule has 3 aromatic heterocycles. The Kier molecular flexibility index (Phi) is 7.23. The Morgan fingerprint density at radius 3 is 2.24 bits per heavy atom. The van der Waals surface area contributed by atoms with Gasteiger partial charge in [-0.2, -0.15) is 0 Å². The van der Waals surface area contributed by atoms with E-state index in [1.807, 2.05) is 84.9 Å². The minimum absolute atomic E-state index is 0. The molecule has 0 aliphatic carbocycles. The van der Waals surface area contributed by atoms with Crippen LogP contribution in [0.25, 0.3) is 33.8 Å². The molecule has 0 aliphatic heterocycles. The minimum atomic E-state index is 0. The Balaban J connectivity index is 0.00000259. The minimum Gasteiger partial charge on any atom is -0.789 e. The second-order valence-electron chi connectivity index (χ2n) is 7.02. The third kappa shape index (κ3) is 5.33. The van der Waals surface area contributed by atoms with Gasteiger partial charge in [-0.15, -0.1) is 17.7 Å². The molecular weight excluding hydrogens is 609 g/mol. The van der Waals surface area contributed by atoms with Gasteiger partial charge in [-0.05, 0) is 29.1 Å². The number of hydrogen-bond acceptors (Lipinski definition) is 5. The zero-order valence-corrected chi connectivity index (χ0v) is 20.4. The molecule has 4 nitrogen and oxygen atoms in total. The topological polar surface area (TPSA) is 47.9 Å². The third-order valence-corrected chi connectivity index (χ3v) is 5.18. The number of pyridine rings is 3. The fourth-order valence-electron chi connectivity index (χ4n) is 3.30. The molecule has 0 N–H and O–H groups in total. The molecule has 6 heteroatoms. The summed E-state index contributed by atoms with van der Waals surface area (Å²) in [6.45, 7) is 0. The SMILES string of the molecule is [Pt+2].[S-]c1ccccc1-c1[c-]c(-c2cccc(Oc3ccccn3)n2)cc(-c2ccccc2)n1. The van der Waals surface area contributed by atoms with Gasteiger partial charge >= 0.3 is 21.1 Å². The second kappa shape index (κ2) is 10.5. The van der Waals surface area contributed by atoms with Gasteiger partial charge in [0.1, 0.15) is 0 Å². The number of aromatic nitrogens is 3. The van der Waals surface area contributed by atoms with Crippen LogP contribution in [0.1, 0.15) is 0 Å². The average Bonchev–Trinajstić information content (AvgIpc) is 2.85. The summed E-state index contributed by atoms with van der Waals surface area (Å²) in [6.07, 6.45) is 1.68. The molecule has 0 atom stereocenters. The molecule has 3 heterocycles. The zero-order chi connectivity index (χ0) is 21.8. The number of hydrogen-bond donors (Lipinski definition) is 0. The van der Waals surface area contributed by atoms with Crippen LogP contribution in [0.2, 0.25) is 0 Å². The van der Waals surface area contributed by atoms with Crippen molar-refractivity contribution in [3.63, 3.8) is 0 Å². The predicted octanol–water partition coefficient (Wildman–Crippen LogP) is 6.37. The van der Waals surface area contributed by atoms with Crippen LogP contribution in [-0.2, 0) is 33.7 Å². The van der Waals surface area contributed by atoms with Crippen molar-refractivity contribution in [3.8, 4) is 45.5 Å². The van der Waals surface area contributed by atoms with E-state index in [4.69, 9.17) is 22.3 Å². The quantitative estimate of drug-likeness (QED) is 0.168. The zero-order valence-electron chi connectivity index (χ0n) is 17.3. The Hall–Kier alpha value is -3.40. The number of benzene rings is 2. The van der Waals surface area contributed by atoms with Crippen molar-refractivity contribution in [3.05, 3.63) is 109 Å². The first-order valence-corrected chi connectivity index (χ1v) is 10.5. The number of rotatable bonds is 5. The predicted molar refractivity (Wildman–Crippen MR) is 127 cm³/mol. The van der Waals surface area contributed by atoms with E-state index >= 15 is 0 Å². The molecule has 0 amide bonds. The van der Waals surface area contributed by atoms with Crippen molar-refractivity contribution in [2.75, 3.05) is 0 Å². The molecule has 0 bridgehead atoms. The van der Waals surface area contributed by atoms with Gasteiger partial charge in [0.25, 0.3) is 0 Å². The summed E-state index contributed by atoms with van der Waals surface area (Å²) in [4.78, 5) is 14.5. The van der Waals surface area contributed by atoms with Crippen LogP contribution in [0.5, 0.6) is 11.8 Å². The molecule has 0 saturated heterocycles. The smallest absolute Gasteiger partial charge is 0.789 e. The first-order valence-electron chi connectivity index (χ1n) is 10.1. The summed E-state index contributed by atoms with van der Waals surface area (Å²) in [5.41, 5.74) is 4.91. The number of nitrogens with zero attached hydrogens (tertiary/aromatic N) is 3.